The van der Waals surface area contributed by atoms with Crippen LogP contribution in [0.25, 0.3) is 0 Å². The Hall–Kier alpha value is -1.21. The molecule has 1 N–H and O–H groups in total. The van der Waals surface area contributed by atoms with Gasteiger partial charge in [0.1, 0.15) is 0 Å². The molecule has 0 spiro atoms. The number of nitrogens with zero attached hydrogens (tertiary/aromatic N) is 1. The van der Waals surface area contributed by atoms with E-state index in [4.69, 9.17) is 4.74 Å². The van der Waals surface area contributed by atoms with E-state index in [0.29, 0.717) is 12.1 Å². The van der Waals surface area contributed by atoms with E-state index in [1.807, 2.05) is 24.3 Å². The van der Waals surface area contributed by atoms with Crippen LogP contribution in [0.2, 0.25) is 0 Å². The summed E-state index contributed by atoms with van der Waals surface area (Å²) in [4.78, 5) is 14.7. The van der Waals surface area contributed by atoms with Crippen LogP contribution in [0.3, 0.4) is 0 Å². The van der Waals surface area contributed by atoms with Crippen LogP contribution in [0, 0.1) is 0 Å². The predicted molar refractivity (Wildman–Crippen MR) is 95.9 cm³/mol. The topological polar surface area (TPSA) is 41.6 Å². The minimum absolute atomic E-state index is 0.0361. The highest BCUT2D eigenvalue weighted by Crippen LogP contribution is 2.23. The fourth-order valence-electron chi connectivity index (χ4n) is 2.70. The zero-order chi connectivity index (χ0) is 16.1. The number of thiophene rings is 1. The van der Waals surface area contributed by atoms with Crippen molar-refractivity contribution in [1.82, 2.24) is 10.2 Å². The van der Waals surface area contributed by atoms with E-state index in [1.54, 1.807) is 11.3 Å². The fourth-order valence-corrected chi connectivity index (χ4v) is 3.68. The van der Waals surface area contributed by atoms with Gasteiger partial charge in [0, 0.05) is 29.7 Å². The number of benzene rings is 1. The molecule has 122 valence electrons. The first-order valence-corrected chi connectivity index (χ1v) is 9.35. The van der Waals surface area contributed by atoms with Crippen molar-refractivity contribution in [1.29, 1.82) is 0 Å². The molecular formula is C17H19BrN2O2S. The normalized spacial score (nSPS) is 16.9. The average molecular weight is 395 g/mol. The van der Waals surface area contributed by atoms with Crippen LogP contribution in [0.15, 0.2) is 45.6 Å². The molecule has 2 heterocycles. The second-order valence-corrected chi connectivity index (χ2v) is 7.13. The van der Waals surface area contributed by atoms with Gasteiger partial charge in [0.2, 0.25) is 0 Å². The minimum Gasteiger partial charge on any atom is -0.379 e. The van der Waals surface area contributed by atoms with Gasteiger partial charge >= 0.3 is 0 Å². The lowest BCUT2D eigenvalue weighted by Gasteiger charge is -2.34. The Morgan fingerprint density at radius 2 is 2.00 bits per heavy atom. The molecule has 0 bridgehead atoms. The maximum atomic E-state index is 12.3. The highest BCUT2D eigenvalue weighted by molar-refractivity contribution is 9.10. The smallest absolute Gasteiger partial charge is 0.251 e. The summed E-state index contributed by atoms with van der Waals surface area (Å²) in [5.74, 6) is -0.0361. The highest BCUT2D eigenvalue weighted by Gasteiger charge is 2.23. The van der Waals surface area contributed by atoms with Gasteiger partial charge in [0.15, 0.2) is 0 Å². The zero-order valence-electron chi connectivity index (χ0n) is 12.7. The van der Waals surface area contributed by atoms with E-state index < -0.39 is 0 Å². The average Bonchev–Trinajstić information content (AvgIpc) is 3.11. The lowest BCUT2D eigenvalue weighted by atomic mass is 10.1. The molecule has 1 amide bonds. The standard InChI is InChI=1S/C17H19BrN2O2S/c18-15-3-1-13(2-4-15)17(21)19-11-16(14-5-10-23-12-14)20-6-8-22-9-7-20/h1-5,10,12,16H,6-9,11H2,(H,19,21). The Morgan fingerprint density at radius 1 is 1.26 bits per heavy atom. The molecule has 0 saturated carbocycles. The van der Waals surface area contributed by atoms with E-state index >= 15 is 0 Å². The first-order chi connectivity index (χ1) is 11.2. The Balaban J connectivity index is 1.66. The lowest BCUT2D eigenvalue weighted by molar-refractivity contribution is 0.0163. The molecule has 1 aliphatic heterocycles. The summed E-state index contributed by atoms with van der Waals surface area (Å²) in [6.07, 6.45) is 0. The number of rotatable bonds is 5. The van der Waals surface area contributed by atoms with Gasteiger partial charge in [-0.25, -0.2) is 0 Å². The molecule has 1 aromatic heterocycles. The van der Waals surface area contributed by atoms with E-state index in [-0.39, 0.29) is 11.9 Å². The summed E-state index contributed by atoms with van der Waals surface area (Å²) in [7, 11) is 0. The Morgan fingerprint density at radius 3 is 2.65 bits per heavy atom. The highest BCUT2D eigenvalue weighted by atomic mass is 79.9. The molecule has 0 aliphatic carbocycles. The van der Waals surface area contributed by atoms with Crippen LogP contribution < -0.4 is 5.32 Å². The molecule has 1 aromatic carbocycles. The summed E-state index contributed by atoms with van der Waals surface area (Å²) in [5, 5.41) is 7.31. The fraction of sp³-hybridized carbons (Fsp3) is 0.353. The van der Waals surface area contributed by atoms with Crippen LogP contribution in [0.5, 0.6) is 0 Å². The number of carbonyl (C=O) groups excluding carboxylic acids is 1. The molecule has 1 unspecified atom stereocenters. The number of amides is 1. The van der Waals surface area contributed by atoms with Gasteiger partial charge in [0.25, 0.3) is 5.91 Å². The maximum absolute atomic E-state index is 12.3. The molecule has 6 heteroatoms. The van der Waals surface area contributed by atoms with Crippen molar-refractivity contribution >= 4 is 33.2 Å². The molecule has 1 saturated heterocycles. The number of hydrogen-bond donors (Lipinski definition) is 1. The Labute approximate surface area is 148 Å². The molecule has 3 rings (SSSR count). The number of nitrogens with one attached hydrogen (secondary N) is 1. The van der Waals surface area contributed by atoms with E-state index in [1.165, 1.54) is 5.56 Å². The van der Waals surface area contributed by atoms with Gasteiger partial charge < -0.3 is 10.1 Å². The second-order valence-electron chi connectivity index (χ2n) is 5.44. The number of halogens is 1. The summed E-state index contributed by atoms with van der Waals surface area (Å²) in [6, 6.07) is 9.75. The molecule has 0 radical (unpaired) electrons. The van der Waals surface area contributed by atoms with Crippen LogP contribution in [-0.2, 0) is 4.74 Å². The van der Waals surface area contributed by atoms with Gasteiger partial charge in [0.05, 0.1) is 19.3 Å². The Bertz CT molecular complexity index is 625. The van der Waals surface area contributed by atoms with Crippen molar-refractivity contribution in [3.8, 4) is 0 Å². The van der Waals surface area contributed by atoms with Crippen LogP contribution in [0.4, 0.5) is 0 Å². The van der Waals surface area contributed by atoms with Crippen molar-refractivity contribution in [3.63, 3.8) is 0 Å². The van der Waals surface area contributed by atoms with Gasteiger partial charge in [-0.2, -0.15) is 11.3 Å². The van der Waals surface area contributed by atoms with Crippen LogP contribution in [0.1, 0.15) is 22.0 Å². The molecule has 2 aromatic rings. The van der Waals surface area contributed by atoms with E-state index in [2.05, 4.69) is 43.0 Å². The molecule has 1 aliphatic rings. The molecule has 1 fully saturated rings. The first-order valence-electron chi connectivity index (χ1n) is 7.62. The number of carbonyl (C=O) groups is 1. The third-order valence-electron chi connectivity index (χ3n) is 3.98. The van der Waals surface area contributed by atoms with Gasteiger partial charge in [-0.05, 0) is 46.7 Å². The quantitative estimate of drug-likeness (QED) is 0.845. The van der Waals surface area contributed by atoms with Gasteiger partial charge in [-0.3, -0.25) is 9.69 Å². The number of hydrogen-bond acceptors (Lipinski definition) is 4. The summed E-state index contributed by atoms with van der Waals surface area (Å²) >= 11 is 5.07. The summed E-state index contributed by atoms with van der Waals surface area (Å²) in [6.45, 7) is 3.90. The molecule has 23 heavy (non-hydrogen) atoms. The first kappa shape index (κ1) is 16.6. The lowest BCUT2D eigenvalue weighted by Crippen LogP contribution is -2.43. The van der Waals surface area contributed by atoms with Gasteiger partial charge in [-0.15, -0.1) is 0 Å². The van der Waals surface area contributed by atoms with Crippen LogP contribution >= 0.6 is 27.3 Å². The van der Waals surface area contributed by atoms with Gasteiger partial charge in [-0.1, -0.05) is 15.9 Å². The summed E-state index contributed by atoms with van der Waals surface area (Å²) in [5.41, 5.74) is 1.94. The van der Waals surface area contributed by atoms with Crippen molar-refractivity contribution < 1.29 is 9.53 Å². The van der Waals surface area contributed by atoms with Crippen molar-refractivity contribution in [2.45, 2.75) is 6.04 Å². The molecule has 4 nitrogen and oxygen atoms in total. The molecule has 1 atom stereocenters. The van der Waals surface area contributed by atoms with Crippen molar-refractivity contribution in [2.24, 2.45) is 0 Å². The minimum atomic E-state index is -0.0361. The number of ether oxygens (including phenoxy) is 1. The molecular weight excluding hydrogens is 376 g/mol. The maximum Gasteiger partial charge on any atom is 0.251 e. The zero-order valence-corrected chi connectivity index (χ0v) is 15.1. The number of morpholine rings is 1. The van der Waals surface area contributed by atoms with Crippen molar-refractivity contribution in [3.05, 3.63) is 56.7 Å². The predicted octanol–water partition coefficient (Wildman–Crippen LogP) is 3.31. The summed E-state index contributed by atoms with van der Waals surface area (Å²) < 4.78 is 6.41. The van der Waals surface area contributed by atoms with E-state index in [9.17, 15) is 4.79 Å². The van der Waals surface area contributed by atoms with Crippen LogP contribution in [-0.4, -0.2) is 43.7 Å². The third-order valence-corrected chi connectivity index (χ3v) is 5.21. The van der Waals surface area contributed by atoms with Crippen molar-refractivity contribution in [2.75, 3.05) is 32.8 Å². The third kappa shape index (κ3) is 4.41. The Kier molecular flexibility index (Phi) is 5.83. The second kappa shape index (κ2) is 8.06. The SMILES string of the molecule is O=C(NCC(c1ccsc1)N1CCOCC1)c1ccc(Br)cc1. The largest absolute Gasteiger partial charge is 0.379 e. The monoisotopic (exact) mass is 394 g/mol. The van der Waals surface area contributed by atoms with E-state index in [0.717, 1.165) is 30.8 Å².